The van der Waals surface area contributed by atoms with E-state index in [2.05, 4.69) is 89.2 Å². The van der Waals surface area contributed by atoms with Crippen molar-refractivity contribution in [1.82, 2.24) is 0 Å². The molecule has 0 heterocycles. The number of Topliss-reactive ketones (excluding diaryl/α,β-unsaturated/α-hetero) is 1. The van der Waals surface area contributed by atoms with Crippen LogP contribution in [0.3, 0.4) is 0 Å². The van der Waals surface area contributed by atoms with Gasteiger partial charge in [0.1, 0.15) is 31.3 Å². The van der Waals surface area contributed by atoms with E-state index >= 15 is 0 Å². The van der Waals surface area contributed by atoms with Crippen LogP contribution in [0, 0.1) is 28.6 Å². The number of oxime groups is 2. The fraction of sp³-hybridized carbons (Fsp3) is 0.844. The zero-order valence-corrected chi connectivity index (χ0v) is 32.2. The standard InChI is InChI=1S/C32H58N2O6Si3/c1-30-16-14-22(33-36-3)18-25(30)27(39-42(8,9)10)19-23-24-15-17-32(40-43(11,12)13,31(24,2)20-26(35)29(23)30)28(34-37-4)21-38-41(5,6)7/h18,23-24,27,29H,14-17,19-21H2,1-13H3/b33-22-,34-28+/t23-,24-,27?,29+,30-,31-,32-/m0/s1. The van der Waals surface area contributed by atoms with Gasteiger partial charge in [0.25, 0.3) is 0 Å². The van der Waals surface area contributed by atoms with Gasteiger partial charge in [-0.2, -0.15) is 0 Å². The summed E-state index contributed by atoms with van der Waals surface area (Å²) in [5, 5.41) is 8.96. The number of hydrogen-bond acceptors (Lipinski definition) is 8. The Labute approximate surface area is 263 Å². The first-order valence-electron chi connectivity index (χ1n) is 16.2. The van der Waals surface area contributed by atoms with Crippen LogP contribution in [-0.2, 0) is 27.7 Å². The molecule has 0 aromatic carbocycles. The zero-order chi connectivity index (χ0) is 32.2. The van der Waals surface area contributed by atoms with Crippen LogP contribution < -0.4 is 0 Å². The molecule has 4 rings (SSSR count). The topological polar surface area (TPSA) is 87.9 Å². The maximum absolute atomic E-state index is 14.7. The Balaban J connectivity index is 1.84. The molecule has 0 amide bonds. The van der Waals surface area contributed by atoms with Gasteiger partial charge in [-0.25, -0.2) is 0 Å². The van der Waals surface area contributed by atoms with Gasteiger partial charge in [0.15, 0.2) is 25.0 Å². The largest absolute Gasteiger partial charge is 0.412 e. The molecule has 0 N–H and O–H groups in total. The molecule has 0 aromatic heterocycles. The average Bonchev–Trinajstić information content (AvgIpc) is 3.11. The van der Waals surface area contributed by atoms with Gasteiger partial charge in [0.05, 0.1) is 18.4 Å². The summed E-state index contributed by atoms with van der Waals surface area (Å²) in [6, 6.07) is 0. The fourth-order valence-corrected chi connectivity index (χ4v) is 12.1. The predicted octanol–water partition coefficient (Wildman–Crippen LogP) is 7.40. The van der Waals surface area contributed by atoms with E-state index in [1.807, 2.05) is 0 Å². The van der Waals surface area contributed by atoms with Gasteiger partial charge < -0.3 is 23.0 Å². The molecule has 0 bridgehead atoms. The highest BCUT2D eigenvalue weighted by molar-refractivity contribution is 6.70. The third kappa shape index (κ3) is 6.72. The highest BCUT2D eigenvalue weighted by Crippen LogP contribution is 2.68. The van der Waals surface area contributed by atoms with Crippen LogP contribution in [0.25, 0.3) is 0 Å². The summed E-state index contributed by atoms with van der Waals surface area (Å²) in [6.07, 6.45) is 6.94. The summed E-state index contributed by atoms with van der Waals surface area (Å²) >= 11 is 0. The molecule has 4 aliphatic rings. The summed E-state index contributed by atoms with van der Waals surface area (Å²) < 4.78 is 20.7. The van der Waals surface area contributed by atoms with Gasteiger partial charge >= 0.3 is 0 Å². The lowest BCUT2D eigenvalue weighted by Gasteiger charge is -2.61. The Hall–Kier alpha value is -1.12. The Morgan fingerprint density at radius 3 is 2.19 bits per heavy atom. The van der Waals surface area contributed by atoms with E-state index in [0.717, 1.165) is 43.5 Å². The third-order valence-corrected chi connectivity index (χ3v) is 13.2. The van der Waals surface area contributed by atoms with Gasteiger partial charge in [0.2, 0.25) is 0 Å². The highest BCUT2D eigenvalue weighted by Gasteiger charge is 2.70. The number of rotatable bonds is 10. The summed E-state index contributed by atoms with van der Waals surface area (Å²) in [5.41, 5.74) is 1.58. The van der Waals surface area contributed by atoms with Gasteiger partial charge in [-0.1, -0.05) is 24.2 Å². The Morgan fingerprint density at radius 1 is 0.953 bits per heavy atom. The molecule has 1 unspecified atom stereocenters. The Kier molecular flexibility index (Phi) is 9.63. The SMILES string of the molecule is CO/N=C1\C=C2C(O[Si](C)(C)C)C[C@@H]3[C@H](C(=O)C[C@@]4(C)[C@H]3CC[C@]4(O[Si](C)(C)C)/C(CO[Si](C)(C)C)=N/OC)[C@@]2(C)CC1. The van der Waals surface area contributed by atoms with E-state index in [9.17, 15) is 4.79 Å². The van der Waals surface area contributed by atoms with Crippen LogP contribution >= 0.6 is 0 Å². The van der Waals surface area contributed by atoms with Crippen LogP contribution in [0.15, 0.2) is 22.0 Å². The molecule has 244 valence electrons. The molecule has 8 nitrogen and oxygen atoms in total. The number of ketones is 1. The third-order valence-electron chi connectivity index (χ3n) is 10.3. The van der Waals surface area contributed by atoms with Crippen molar-refractivity contribution in [2.24, 2.45) is 38.9 Å². The Bertz CT molecular complexity index is 1170. The van der Waals surface area contributed by atoms with Crippen molar-refractivity contribution in [1.29, 1.82) is 0 Å². The summed E-state index contributed by atoms with van der Waals surface area (Å²) in [5.74, 6) is 0.792. The molecule has 43 heavy (non-hydrogen) atoms. The molecule has 0 spiro atoms. The van der Waals surface area contributed by atoms with Crippen LogP contribution in [0.2, 0.25) is 58.9 Å². The molecule has 0 aliphatic heterocycles. The normalized spacial score (nSPS) is 37.9. The maximum Gasteiger partial charge on any atom is 0.185 e. The van der Waals surface area contributed by atoms with Crippen LogP contribution in [0.1, 0.15) is 52.4 Å². The van der Waals surface area contributed by atoms with E-state index in [1.165, 1.54) is 5.57 Å². The van der Waals surface area contributed by atoms with Gasteiger partial charge in [-0.15, -0.1) is 0 Å². The minimum Gasteiger partial charge on any atom is -0.412 e. The van der Waals surface area contributed by atoms with Crippen molar-refractivity contribution in [3.8, 4) is 0 Å². The minimum absolute atomic E-state index is 0.0364. The monoisotopic (exact) mass is 650 g/mol. The predicted molar refractivity (Wildman–Crippen MR) is 181 cm³/mol. The van der Waals surface area contributed by atoms with Crippen LogP contribution in [-0.4, -0.2) is 74.7 Å². The quantitative estimate of drug-likeness (QED) is 0.139. The molecule has 0 radical (unpaired) electrons. The van der Waals surface area contributed by atoms with E-state index in [4.69, 9.17) is 23.0 Å². The second kappa shape index (κ2) is 11.9. The molecule has 11 heteroatoms. The van der Waals surface area contributed by atoms with Crippen molar-refractivity contribution in [2.45, 2.75) is 123 Å². The van der Waals surface area contributed by atoms with Crippen molar-refractivity contribution in [2.75, 3.05) is 20.8 Å². The lowest BCUT2D eigenvalue weighted by atomic mass is 9.45. The van der Waals surface area contributed by atoms with E-state index in [-0.39, 0.29) is 23.4 Å². The number of carbonyl (C=O) groups excluding carboxylic acids is 1. The second-order valence-electron chi connectivity index (χ2n) is 16.7. The second-order valence-corrected chi connectivity index (χ2v) is 30.1. The number of fused-ring (bicyclic) bond motifs is 5. The molecule has 3 fully saturated rings. The molecule has 0 aromatic rings. The lowest BCUT2D eigenvalue weighted by Crippen LogP contribution is -2.65. The molecular weight excluding hydrogens is 593 g/mol. The average molecular weight is 651 g/mol. The number of nitrogens with zero attached hydrogens (tertiary/aromatic N) is 2. The van der Waals surface area contributed by atoms with Crippen molar-refractivity contribution >= 4 is 42.2 Å². The van der Waals surface area contributed by atoms with Crippen LogP contribution in [0.5, 0.6) is 0 Å². The summed E-state index contributed by atoms with van der Waals surface area (Å²) in [4.78, 5) is 25.4. The number of carbonyl (C=O) groups is 1. The fourth-order valence-electron chi connectivity index (χ4n) is 8.97. The van der Waals surface area contributed by atoms with Crippen molar-refractivity contribution in [3.05, 3.63) is 11.6 Å². The smallest absolute Gasteiger partial charge is 0.185 e. The summed E-state index contributed by atoms with van der Waals surface area (Å²) in [6.45, 7) is 25.1. The summed E-state index contributed by atoms with van der Waals surface area (Å²) in [7, 11) is -2.66. The molecule has 4 aliphatic carbocycles. The van der Waals surface area contributed by atoms with Gasteiger partial charge in [0, 0.05) is 23.2 Å². The van der Waals surface area contributed by atoms with Gasteiger partial charge in [-0.3, -0.25) is 4.79 Å². The van der Waals surface area contributed by atoms with Crippen molar-refractivity contribution in [3.63, 3.8) is 0 Å². The first-order chi connectivity index (χ1) is 19.7. The molecular formula is C32H58N2O6Si3. The zero-order valence-electron chi connectivity index (χ0n) is 29.2. The molecule has 0 saturated heterocycles. The maximum atomic E-state index is 14.7. The van der Waals surface area contributed by atoms with Crippen LogP contribution in [0.4, 0.5) is 0 Å². The minimum atomic E-state index is -2.10. The number of hydrogen-bond donors (Lipinski definition) is 0. The van der Waals surface area contributed by atoms with Gasteiger partial charge in [-0.05, 0) is 115 Å². The first kappa shape index (κ1) is 34.7. The Morgan fingerprint density at radius 2 is 1.63 bits per heavy atom. The molecule has 3 saturated carbocycles. The van der Waals surface area contributed by atoms with E-state index < -0.39 is 36.0 Å². The first-order valence-corrected chi connectivity index (χ1v) is 26.4. The van der Waals surface area contributed by atoms with E-state index in [1.54, 1.807) is 14.2 Å². The number of allylic oxidation sites excluding steroid dienone is 1. The van der Waals surface area contributed by atoms with E-state index in [0.29, 0.717) is 24.7 Å². The highest BCUT2D eigenvalue weighted by atomic mass is 28.4. The molecule has 7 atom stereocenters. The lowest BCUT2D eigenvalue weighted by molar-refractivity contribution is -0.153. The van der Waals surface area contributed by atoms with Crippen molar-refractivity contribution < 1.29 is 27.7 Å².